The van der Waals surface area contributed by atoms with Crippen LogP contribution in [0.1, 0.15) is 29.2 Å². The van der Waals surface area contributed by atoms with Crippen LogP contribution in [0.3, 0.4) is 0 Å². The van der Waals surface area contributed by atoms with Gasteiger partial charge in [0.05, 0.1) is 31.1 Å². The van der Waals surface area contributed by atoms with Crippen molar-refractivity contribution in [3.63, 3.8) is 0 Å². The molecular formula is C25H23N5OS. The van der Waals surface area contributed by atoms with Crippen molar-refractivity contribution in [1.29, 1.82) is 0 Å². The molecule has 2 atom stereocenters. The number of rotatable bonds is 6. The number of pyridine rings is 2. The third kappa shape index (κ3) is 3.83. The molecule has 32 heavy (non-hydrogen) atoms. The van der Waals surface area contributed by atoms with Crippen LogP contribution in [-0.4, -0.2) is 26.8 Å². The molecule has 160 valence electrons. The van der Waals surface area contributed by atoms with E-state index in [-0.39, 0.29) is 12.1 Å². The summed E-state index contributed by atoms with van der Waals surface area (Å²) in [5, 5.41) is 4.17. The zero-order chi connectivity index (χ0) is 21.9. The molecule has 3 aromatic heterocycles. The Hall–Kier alpha value is -3.71. The number of hydrogen-bond donors (Lipinski definition) is 1. The molecule has 0 aliphatic carbocycles. The van der Waals surface area contributed by atoms with Crippen molar-refractivity contribution in [3.05, 3.63) is 108 Å². The van der Waals surface area contributed by atoms with E-state index < -0.39 is 0 Å². The molecule has 0 radical (unpaired) electrons. The summed E-state index contributed by atoms with van der Waals surface area (Å²) in [6.07, 6.45) is 5.73. The molecule has 1 N–H and O–H groups in total. The number of ether oxygens (including phenoxy) is 1. The van der Waals surface area contributed by atoms with Crippen molar-refractivity contribution in [2.45, 2.75) is 18.6 Å². The van der Waals surface area contributed by atoms with Crippen molar-refractivity contribution in [3.8, 4) is 5.75 Å². The summed E-state index contributed by atoms with van der Waals surface area (Å²) in [7, 11) is 1.67. The Morgan fingerprint density at radius 3 is 2.56 bits per heavy atom. The van der Waals surface area contributed by atoms with Gasteiger partial charge in [0.15, 0.2) is 5.11 Å². The standard InChI is InChI=1S/C25H23N5OS/c1-31-20-10-6-9-19(16-20)30-24(23(28-25(30)32)21-11-3-5-14-27-21)22-12-7-15-29(22)17-18-8-2-4-13-26-18/h2-16,23-24H,17H2,1H3,(H,28,32)/t23-,24+/m1/s1. The van der Waals surface area contributed by atoms with Crippen molar-refractivity contribution in [1.82, 2.24) is 19.9 Å². The second kappa shape index (κ2) is 8.80. The van der Waals surface area contributed by atoms with Gasteiger partial charge >= 0.3 is 0 Å². The quantitative estimate of drug-likeness (QED) is 0.444. The van der Waals surface area contributed by atoms with Crippen molar-refractivity contribution in [2.24, 2.45) is 0 Å². The summed E-state index contributed by atoms with van der Waals surface area (Å²) < 4.78 is 7.70. The third-order valence-electron chi connectivity index (χ3n) is 5.66. The van der Waals surface area contributed by atoms with Crippen LogP contribution in [0.2, 0.25) is 0 Å². The van der Waals surface area contributed by atoms with E-state index in [0.717, 1.165) is 28.5 Å². The zero-order valence-corrected chi connectivity index (χ0v) is 18.4. The Balaban J connectivity index is 1.60. The second-order valence-electron chi connectivity index (χ2n) is 7.58. The summed E-state index contributed by atoms with van der Waals surface area (Å²) in [5.74, 6) is 0.786. The Morgan fingerprint density at radius 1 is 0.969 bits per heavy atom. The van der Waals surface area contributed by atoms with E-state index in [9.17, 15) is 0 Å². The zero-order valence-electron chi connectivity index (χ0n) is 17.6. The topological polar surface area (TPSA) is 55.2 Å². The molecule has 0 saturated carbocycles. The van der Waals surface area contributed by atoms with E-state index in [0.29, 0.717) is 11.7 Å². The molecule has 1 saturated heterocycles. The van der Waals surface area contributed by atoms with Gasteiger partial charge in [0.2, 0.25) is 0 Å². The predicted molar refractivity (Wildman–Crippen MR) is 129 cm³/mol. The predicted octanol–water partition coefficient (Wildman–Crippen LogP) is 4.51. The third-order valence-corrected chi connectivity index (χ3v) is 5.97. The SMILES string of the molecule is COc1cccc(N2C(=S)N[C@H](c3ccccn3)[C@@H]2c2cccn2Cc2ccccn2)c1. The lowest BCUT2D eigenvalue weighted by Crippen LogP contribution is -2.30. The number of benzene rings is 1. The van der Waals surface area contributed by atoms with Gasteiger partial charge < -0.3 is 19.5 Å². The van der Waals surface area contributed by atoms with E-state index in [1.54, 1.807) is 7.11 Å². The minimum Gasteiger partial charge on any atom is -0.497 e. The Labute approximate surface area is 192 Å². The highest BCUT2D eigenvalue weighted by molar-refractivity contribution is 7.80. The lowest BCUT2D eigenvalue weighted by Gasteiger charge is -2.29. The normalized spacial score (nSPS) is 17.9. The van der Waals surface area contributed by atoms with Crippen LogP contribution < -0.4 is 15.0 Å². The minimum atomic E-state index is -0.104. The van der Waals surface area contributed by atoms with Crippen LogP contribution >= 0.6 is 12.2 Å². The van der Waals surface area contributed by atoms with Crippen molar-refractivity contribution in [2.75, 3.05) is 12.0 Å². The van der Waals surface area contributed by atoms with Crippen LogP contribution in [0, 0.1) is 0 Å². The molecule has 0 unspecified atom stereocenters. The summed E-state index contributed by atoms with van der Waals surface area (Å²) in [4.78, 5) is 11.3. The fourth-order valence-corrected chi connectivity index (χ4v) is 4.55. The Morgan fingerprint density at radius 2 is 1.81 bits per heavy atom. The van der Waals surface area contributed by atoms with Gasteiger partial charge in [0.25, 0.3) is 0 Å². The first-order valence-electron chi connectivity index (χ1n) is 10.4. The van der Waals surface area contributed by atoms with Crippen LogP contribution in [0.15, 0.2) is 91.4 Å². The van der Waals surface area contributed by atoms with E-state index in [1.807, 2.05) is 67.0 Å². The molecule has 1 aromatic carbocycles. The Kier molecular flexibility index (Phi) is 5.56. The van der Waals surface area contributed by atoms with Crippen LogP contribution in [0.5, 0.6) is 5.75 Å². The highest BCUT2D eigenvalue weighted by Crippen LogP contribution is 2.42. The van der Waals surface area contributed by atoms with Gasteiger partial charge in [-0.3, -0.25) is 9.97 Å². The van der Waals surface area contributed by atoms with Gasteiger partial charge in [0.1, 0.15) is 11.8 Å². The van der Waals surface area contributed by atoms with Gasteiger partial charge in [-0.2, -0.15) is 0 Å². The number of nitrogens with zero attached hydrogens (tertiary/aromatic N) is 4. The summed E-state index contributed by atoms with van der Waals surface area (Å²) in [6.45, 7) is 0.674. The average Bonchev–Trinajstić information content (AvgIpc) is 3.43. The summed E-state index contributed by atoms with van der Waals surface area (Å²) >= 11 is 5.83. The van der Waals surface area contributed by atoms with Crippen molar-refractivity contribution < 1.29 is 4.74 Å². The minimum absolute atomic E-state index is 0.0942. The van der Waals surface area contributed by atoms with Crippen LogP contribution in [-0.2, 0) is 6.54 Å². The Bertz CT molecular complexity index is 1210. The molecule has 0 amide bonds. The number of aromatic nitrogens is 3. The average molecular weight is 442 g/mol. The fourth-order valence-electron chi connectivity index (χ4n) is 4.20. The maximum absolute atomic E-state index is 5.83. The van der Waals surface area contributed by atoms with Crippen LogP contribution in [0.4, 0.5) is 5.69 Å². The molecule has 4 heterocycles. The first-order chi connectivity index (χ1) is 15.7. The lowest BCUT2D eigenvalue weighted by atomic mass is 10.0. The van der Waals surface area contributed by atoms with Gasteiger partial charge in [-0.25, -0.2) is 0 Å². The number of thiocarbonyl (C=S) groups is 1. The molecule has 4 aromatic rings. The highest BCUT2D eigenvalue weighted by atomic mass is 32.1. The largest absolute Gasteiger partial charge is 0.497 e. The number of anilines is 1. The first-order valence-corrected chi connectivity index (χ1v) is 10.8. The van der Waals surface area contributed by atoms with Gasteiger partial charge in [-0.05, 0) is 60.7 Å². The second-order valence-corrected chi connectivity index (χ2v) is 7.97. The van der Waals surface area contributed by atoms with Gasteiger partial charge in [-0.15, -0.1) is 0 Å². The number of methoxy groups -OCH3 is 1. The first kappa shape index (κ1) is 20.2. The lowest BCUT2D eigenvalue weighted by molar-refractivity contribution is 0.414. The molecular weight excluding hydrogens is 418 g/mol. The highest BCUT2D eigenvalue weighted by Gasteiger charge is 2.42. The van der Waals surface area contributed by atoms with Gasteiger partial charge in [0, 0.05) is 36.0 Å². The summed E-state index contributed by atoms with van der Waals surface area (Å²) in [6, 6.07) is 23.9. The maximum Gasteiger partial charge on any atom is 0.174 e. The molecule has 1 fully saturated rings. The van der Waals surface area contributed by atoms with Crippen molar-refractivity contribution >= 4 is 23.0 Å². The monoisotopic (exact) mass is 441 g/mol. The number of hydrogen-bond acceptors (Lipinski definition) is 4. The molecule has 0 spiro atoms. The molecule has 7 heteroatoms. The molecule has 1 aliphatic rings. The molecule has 5 rings (SSSR count). The van der Waals surface area contributed by atoms with E-state index in [2.05, 4.69) is 49.1 Å². The maximum atomic E-state index is 5.83. The summed E-state index contributed by atoms with van der Waals surface area (Å²) in [5.41, 5.74) is 4.04. The molecule has 1 aliphatic heterocycles. The number of nitrogens with one attached hydrogen (secondary N) is 1. The van der Waals surface area contributed by atoms with Gasteiger partial charge in [-0.1, -0.05) is 18.2 Å². The molecule has 0 bridgehead atoms. The van der Waals surface area contributed by atoms with E-state index in [1.165, 1.54) is 0 Å². The van der Waals surface area contributed by atoms with Crippen LogP contribution in [0.25, 0.3) is 0 Å². The smallest absolute Gasteiger partial charge is 0.174 e. The van der Waals surface area contributed by atoms with E-state index >= 15 is 0 Å². The molecule has 6 nitrogen and oxygen atoms in total. The fraction of sp³-hybridized carbons (Fsp3) is 0.160. The van der Waals surface area contributed by atoms with E-state index in [4.69, 9.17) is 17.0 Å².